The first-order chi connectivity index (χ1) is 5.66. The molecule has 1 aromatic rings. The van der Waals surface area contributed by atoms with Crippen LogP contribution in [0.3, 0.4) is 0 Å². The van der Waals surface area contributed by atoms with Crippen LogP contribution in [-0.4, -0.2) is 9.39 Å². The van der Waals surface area contributed by atoms with Gasteiger partial charge in [0.05, 0.1) is 4.29 Å². The molecule has 0 amide bonds. The number of rotatable bonds is 1. The molecule has 0 fully saturated rings. The highest BCUT2D eigenvalue weighted by molar-refractivity contribution is 9.10. The number of aromatic hydroxyl groups is 1. The zero-order chi connectivity index (χ0) is 9.40. The summed E-state index contributed by atoms with van der Waals surface area (Å²) < 4.78 is 0.169. The van der Waals surface area contributed by atoms with Crippen LogP contribution in [0.5, 0.6) is 5.75 Å². The molecule has 0 saturated carbocycles. The van der Waals surface area contributed by atoms with Crippen molar-refractivity contribution in [2.75, 3.05) is 0 Å². The van der Waals surface area contributed by atoms with Crippen molar-refractivity contribution in [3.63, 3.8) is 0 Å². The van der Waals surface area contributed by atoms with Crippen molar-refractivity contribution in [2.24, 2.45) is 0 Å². The fraction of sp³-hybridized carbons (Fsp3) is 0.333. The van der Waals surface area contributed by atoms with Gasteiger partial charge in [-0.2, -0.15) is 0 Å². The lowest BCUT2D eigenvalue weighted by atomic mass is 10.3. The molecule has 0 saturated heterocycles. The van der Waals surface area contributed by atoms with Crippen LogP contribution in [0.1, 0.15) is 13.3 Å². The average molecular weight is 252 g/mol. The van der Waals surface area contributed by atoms with E-state index in [0.29, 0.717) is 5.75 Å². The minimum Gasteiger partial charge on any atom is -0.508 e. The molecule has 0 radical (unpaired) electrons. The van der Waals surface area contributed by atoms with Gasteiger partial charge in [0.25, 0.3) is 0 Å². The number of alkyl halides is 2. The highest BCUT2D eigenvalue weighted by Gasteiger charge is 1.85. The maximum absolute atomic E-state index is 8.63. The van der Waals surface area contributed by atoms with E-state index < -0.39 is 0 Å². The van der Waals surface area contributed by atoms with Crippen molar-refractivity contribution < 1.29 is 5.11 Å². The Kier molecular flexibility index (Phi) is 7.31. The maximum Gasteiger partial charge on any atom is 0.115 e. The Labute approximate surface area is 86.5 Å². The van der Waals surface area contributed by atoms with Crippen molar-refractivity contribution in [3.8, 4) is 5.75 Å². The van der Waals surface area contributed by atoms with Gasteiger partial charge in [0.15, 0.2) is 0 Å². The van der Waals surface area contributed by atoms with Gasteiger partial charge in [-0.05, 0) is 18.6 Å². The molecular formula is C9H12BrClO. The summed E-state index contributed by atoms with van der Waals surface area (Å²) in [5, 5.41) is 8.63. The van der Waals surface area contributed by atoms with Crippen LogP contribution < -0.4 is 0 Å². The van der Waals surface area contributed by atoms with Crippen LogP contribution in [0.4, 0.5) is 0 Å². The predicted molar refractivity (Wildman–Crippen MR) is 57.0 cm³/mol. The second kappa shape index (κ2) is 7.44. The number of para-hydroxylation sites is 1. The Morgan fingerprint density at radius 3 is 2.00 bits per heavy atom. The van der Waals surface area contributed by atoms with E-state index in [4.69, 9.17) is 16.7 Å². The van der Waals surface area contributed by atoms with E-state index >= 15 is 0 Å². The first kappa shape index (κ1) is 11.8. The van der Waals surface area contributed by atoms with E-state index in [1.807, 2.05) is 13.0 Å². The van der Waals surface area contributed by atoms with E-state index in [1.54, 1.807) is 24.3 Å². The van der Waals surface area contributed by atoms with E-state index in [-0.39, 0.29) is 4.29 Å². The number of phenols is 1. The minimum absolute atomic E-state index is 0.169. The summed E-state index contributed by atoms with van der Waals surface area (Å²) in [6.07, 6.45) is 0.988. The fourth-order valence-corrected chi connectivity index (χ4v) is 0.428. The first-order valence-corrected chi connectivity index (χ1v) is 5.04. The van der Waals surface area contributed by atoms with E-state index in [0.717, 1.165) is 6.42 Å². The van der Waals surface area contributed by atoms with Crippen molar-refractivity contribution >= 4 is 27.5 Å². The second-order valence-corrected chi connectivity index (χ2v) is 4.29. The summed E-state index contributed by atoms with van der Waals surface area (Å²) in [5.41, 5.74) is 0. The molecule has 0 bridgehead atoms. The molecule has 1 N–H and O–H groups in total. The molecule has 1 rings (SSSR count). The molecule has 0 aromatic heterocycles. The van der Waals surface area contributed by atoms with Gasteiger partial charge in [-0.3, -0.25) is 0 Å². The minimum atomic E-state index is 0.169. The van der Waals surface area contributed by atoms with Crippen LogP contribution in [0.2, 0.25) is 0 Å². The van der Waals surface area contributed by atoms with E-state index in [1.165, 1.54) is 0 Å². The van der Waals surface area contributed by atoms with Crippen molar-refractivity contribution in [1.82, 2.24) is 0 Å². The third-order valence-electron chi connectivity index (χ3n) is 1.06. The number of halogens is 2. The molecular weight excluding hydrogens is 239 g/mol. The van der Waals surface area contributed by atoms with E-state index in [2.05, 4.69) is 15.9 Å². The fourth-order valence-electron chi connectivity index (χ4n) is 0.428. The molecule has 1 unspecified atom stereocenters. The molecule has 1 aromatic carbocycles. The van der Waals surface area contributed by atoms with Gasteiger partial charge < -0.3 is 5.11 Å². The lowest BCUT2D eigenvalue weighted by Gasteiger charge is -1.85. The summed E-state index contributed by atoms with van der Waals surface area (Å²) in [6, 6.07) is 8.71. The molecule has 0 aliphatic heterocycles. The summed E-state index contributed by atoms with van der Waals surface area (Å²) in [6.45, 7) is 2.02. The summed E-state index contributed by atoms with van der Waals surface area (Å²) in [5.74, 6) is 0.322. The second-order valence-electron chi connectivity index (χ2n) is 2.13. The Hall–Kier alpha value is -0.210. The van der Waals surface area contributed by atoms with E-state index in [9.17, 15) is 0 Å². The van der Waals surface area contributed by atoms with Crippen molar-refractivity contribution in [1.29, 1.82) is 0 Å². The average Bonchev–Trinajstić information content (AvgIpc) is 2.07. The Morgan fingerprint density at radius 2 is 1.83 bits per heavy atom. The normalized spacial score (nSPS) is 11.2. The van der Waals surface area contributed by atoms with Gasteiger partial charge in [0.1, 0.15) is 5.75 Å². The zero-order valence-corrected chi connectivity index (χ0v) is 9.22. The van der Waals surface area contributed by atoms with Crippen molar-refractivity contribution in [3.05, 3.63) is 30.3 Å². The van der Waals surface area contributed by atoms with Crippen LogP contribution in [0.25, 0.3) is 0 Å². The standard InChI is InChI=1S/C6H6O.C3H6BrCl/c7-6-4-2-1-3-5-6;1-2-3(4)5/h1-5,7H;3H,2H2,1H3. The number of phenolic OH excluding ortho intramolecular Hbond substituents is 1. The van der Waals surface area contributed by atoms with Gasteiger partial charge in [-0.25, -0.2) is 0 Å². The SMILES string of the molecule is CCC(Cl)Br.Oc1ccccc1. The lowest BCUT2D eigenvalue weighted by molar-refractivity contribution is 0.475. The Morgan fingerprint density at radius 1 is 1.42 bits per heavy atom. The maximum atomic E-state index is 8.63. The molecule has 1 nitrogen and oxygen atoms in total. The van der Waals surface area contributed by atoms with Gasteiger partial charge in [-0.1, -0.05) is 41.1 Å². The van der Waals surface area contributed by atoms with Gasteiger partial charge in [0, 0.05) is 0 Å². The molecule has 1 atom stereocenters. The number of hydrogen-bond acceptors (Lipinski definition) is 1. The van der Waals surface area contributed by atoms with Crippen LogP contribution in [-0.2, 0) is 0 Å². The Bertz CT molecular complexity index is 189. The first-order valence-electron chi connectivity index (χ1n) is 3.69. The highest BCUT2D eigenvalue weighted by Crippen LogP contribution is 2.06. The third-order valence-corrected chi connectivity index (χ3v) is 2.02. The third kappa shape index (κ3) is 7.89. The monoisotopic (exact) mass is 250 g/mol. The molecule has 68 valence electrons. The van der Waals surface area contributed by atoms with Gasteiger partial charge in [-0.15, -0.1) is 11.6 Å². The number of hydrogen-bond donors (Lipinski definition) is 1. The number of benzene rings is 1. The summed E-state index contributed by atoms with van der Waals surface area (Å²) in [7, 11) is 0. The van der Waals surface area contributed by atoms with Crippen LogP contribution in [0, 0.1) is 0 Å². The topological polar surface area (TPSA) is 20.2 Å². The molecule has 0 aliphatic carbocycles. The van der Waals surface area contributed by atoms with Crippen molar-refractivity contribution in [2.45, 2.75) is 17.6 Å². The molecule has 0 aliphatic rings. The van der Waals surface area contributed by atoms with Crippen LogP contribution >= 0.6 is 27.5 Å². The molecule has 0 spiro atoms. The Balaban J connectivity index is 0.000000217. The molecule has 3 heteroatoms. The predicted octanol–water partition coefficient (Wildman–Crippen LogP) is 3.75. The van der Waals surface area contributed by atoms with Gasteiger partial charge in [0.2, 0.25) is 0 Å². The smallest absolute Gasteiger partial charge is 0.115 e. The zero-order valence-electron chi connectivity index (χ0n) is 6.87. The molecule has 12 heavy (non-hydrogen) atoms. The van der Waals surface area contributed by atoms with Crippen LogP contribution in [0.15, 0.2) is 30.3 Å². The van der Waals surface area contributed by atoms with Gasteiger partial charge >= 0.3 is 0 Å². The summed E-state index contributed by atoms with van der Waals surface area (Å²) in [4.78, 5) is 0. The lowest BCUT2D eigenvalue weighted by Crippen LogP contribution is -1.74. The quantitative estimate of drug-likeness (QED) is 0.754. The largest absolute Gasteiger partial charge is 0.508 e. The highest BCUT2D eigenvalue weighted by atomic mass is 79.9. The summed E-state index contributed by atoms with van der Waals surface area (Å²) >= 11 is 8.52. The molecule has 0 heterocycles.